The Morgan fingerprint density at radius 1 is 1.55 bits per heavy atom. The molecule has 0 rings (SSSR count). The SMILES string of the molecule is COC(=O)/C=C/N(N)C(N)=O. The van der Waals surface area contributed by atoms with Gasteiger partial charge in [0.2, 0.25) is 0 Å². The second-order valence-electron chi connectivity index (χ2n) is 1.58. The zero-order valence-corrected chi connectivity index (χ0v) is 5.98. The van der Waals surface area contributed by atoms with Crippen molar-refractivity contribution in [2.75, 3.05) is 7.11 Å². The number of nitrogens with zero attached hydrogens (tertiary/aromatic N) is 1. The predicted molar refractivity (Wildman–Crippen MR) is 36.8 cm³/mol. The van der Waals surface area contributed by atoms with Gasteiger partial charge in [0.25, 0.3) is 0 Å². The number of methoxy groups -OCH3 is 1. The van der Waals surface area contributed by atoms with E-state index in [1.165, 1.54) is 7.11 Å². The molecule has 0 fully saturated rings. The number of hydrogen-bond acceptors (Lipinski definition) is 4. The largest absolute Gasteiger partial charge is 0.466 e. The minimum atomic E-state index is -0.856. The molecule has 0 aromatic carbocycles. The molecular weight excluding hydrogens is 150 g/mol. The third kappa shape index (κ3) is 3.93. The fourth-order valence-corrected chi connectivity index (χ4v) is 0.283. The third-order valence-electron chi connectivity index (χ3n) is 0.827. The molecule has 0 aliphatic carbocycles. The molecule has 4 N–H and O–H groups in total. The molecular formula is C5H9N3O3. The Morgan fingerprint density at radius 2 is 2.09 bits per heavy atom. The summed E-state index contributed by atoms with van der Waals surface area (Å²) in [4.78, 5) is 20.6. The first-order valence-corrected chi connectivity index (χ1v) is 2.67. The lowest BCUT2D eigenvalue weighted by molar-refractivity contribution is -0.134. The number of hydrogen-bond donors (Lipinski definition) is 2. The number of carbonyl (C=O) groups is 2. The number of esters is 1. The van der Waals surface area contributed by atoms with Crippen molar-refractivity contribution >= 4 is 12.0 Å². The topological polar surface area (TPSA) is 98.7 Å². The molecule has 62 valence electrons. The Balaban J connectivity index is 3.92. The van der Waals surface area contributed by atoms with E-state index in [2.05, 4.69) is 4.74 Å². The summed E-state index contributed by atoms with van der Waals surface area (Å²) in [5, 5.41) is 0.566. The lowest BCUT2D eigenvalue weighted by atomic mass is 10.6. The van der Waals surface area contributed by atoms with Crippen molar-refractivity contribution in [3.63, 3.8) is 0 Å². The molecule has 0 unspecified atom stereocenters. The van der Waals surface area contributed by atoms with Gasteiger partial charge in [-0.2, -0.15) is 0 Å². The summed E-state index contributed by atoms with van der Waals surface area (Å²) in [7, 11) is 1.21. The maximum atomic E-state index is 10.4. The average Bonchev–Trinajstić information content (AvgIpc) is 1.99. The van der Waals surface area contributed by atoms with Gasteiger partial charge in [-0.1, -0.05) is 0 Å². The van der Waals surface area contributed by atoms with E-state index in [0.29, 0.717) is 5.01 Å². The number of amides is 2. The standard InChI is InChI=1S/C5H9N3O3/c1-11-4(9)2-3-8(7)5(6)10/h2-3H,7H2,1H3,(H2,6,10)/b3-2+. The van der Waals surface area contributed by atoms with Crippen molar-refractivity contribution in [2.45, 2.75) is 0 Å². The van der Waals surface area contributed by atoms with Gasteiger partial charge in [-0.15, -0.1) is 0 Å². The first-order valence-electron chi connectivity index (χ1n) is 2.67. The van der Waals surface area contributed by atoms with E-state index >= 15 is 0 Å². The average molecular weight is 159 g/mol. The number of ether oxygens (including phenoxy) is 1. The van der Waals surface area contributed by atoms with Crippen molar-refractivity contribution in [3.8, 4) is 0 Å². The van der Waals surface area contributed by atoms with Crippen LogP contribution in [-0.4, -0.2) is 24.1 Å². The third-order valence-corrected chi connectivity index (χ3v) is 0.827. The van der Waals surface area contributed by atoms with Gasteiger partial charge in [0, 0.05) is 12.3 Å². The van der Waals surface area contributed by atoms with Crippen molar-refractivity contribution < 1.29 is 14.3 Å². The lowest BCUT2D eigenvalue weighted by Gasteiger charge is -2.05. The van der Waals surface area contributed by atoms with Gasteiger partial charge in [-0.25, -0.2) is 20.4 Å². The molecule has 6 nitrogen and oxygen atoms in total. The number of carbonyl (C=O) groups excluding carboxylic acids is 2. The van der Waals surface area contributed by atoms with Crippen molar-refractivity contribution in [1.82, 2.24) is 5.01 Å². The fraction of sp³-hybridized carbons (Fsp3) is 0.200. The normalized spacial score (nSPS) is 9.64. The molecule has 0 heterocycles. The minimum Gasteiger partial charge on any atom is -0.466 e. The van der Waals surface area contributed by atoms with Crippen molar-refractivity contribution in [2.24, 2.45) is 11.6 Å². The van der Waals surface area contributed by atoms with E-state index in [1.54, 1.807) is 0 Å². The highest BCUT2D eigenvalue weighted by Gasteiger charge is 1.98. The molecule has 2 amide bonds. The van der Waals surface area contributed by atoms with Crippen LogP contribution in [0.2, 0.25) is 0 Å². The molecule has 0 spiro atoms. The van der Waals surface area contributed by atoms with Gasteiger partial charge < -0.3 is 10.5 Å². The van der Waals surface area contributed by atoms with E-state index in [1.807, 2.05) is 0 Å². The molecule has 11 heavy (non-hydrogen) atoms. The van der Waals surface area contributed by atoms with Crippen LogP contribution in [0, 0.1) is 0 Å². The van der Waals surface area contributed by atoms with Gasteiger partial charge >= 0.3 is 12.0 Å². The molecule has 0 saturated heterocycles. The maximum absolute atomic E-state index is 10.4. The zero-order valence-electron chi connectivity index (χ0n) is 5.98. The van der Waals surface area contributed by atoms with E-state index in [4.69, 9.17) is 11.6 Å². The van der Waals surface area contributed by atoms with Crippen LogP contribution in [0.15, 0.2) is 12.3 Å². The van der Waals surface area contributed by atoms with Crippen LogP contribution in [0.4, 0.5) is 4.79 Å². The molecule has 6 heteroatoms. The van der Waals surface area contributed by atoms with Gasteiger partial charge in [0.1, 0.15) is 0 Å². The van der Waals surface area contributed by atoms with Gasteiger partial charge in [-0.3, -0.25) is 0 Å². The Morgan fingerprint density at radius 3 is 2.45 bits per heavy atom. The van der Waals surface area contributed by atoms with E-state index < -0.39 is 12.0 Å². The molecule has 0 radical (unpaired) electrons. The van der Waals surface area contributed by atoms with Crippen LogP contribution < -0.4 is 11.6 Å². The smallest absolute Gasteiger partial charge is 0.333 e. The molecule has 0 bridgehead atoms. The molecule has 0 atom stereocenters. The lowest BCUT2D eigenvalue weighted by Crippen LogP contribution is -2.36. The van der Waals surface area contributed by atoms with E-state index in [0.717, 1.165) is 12.3 Å². The second-order valence-corrected chi connectivity index (χ2v) is 1.58. The summed E-state index contributed by atoms with van der Waals surface area (Å²) in [6, 6.07) is -0.856. The van der Waals surface area contributed by atoms with E-state index in [9.17, 15) is 9.59 Å². The Hall–Kier alpha value is -1.56. The number of primary amides is 1. The summed E-state index contributed by atoms with van der Waals surface area (Å²) in [6.45, 7) is 0. The van der Waals surface area contributed by atoms with Gasteiger partial charge in [-0.05, 0) is 0 Å². The zero-order chi connectivity index (χ0) is 8.85. The Bertz CT molecular complexity index is 189. The first-order chi connectivity index (χ1) is 5.07. The minimum absolute atomic E-state index is 0.566. The molecule has 0 aliphatic heterocycles. The molecule has 0 aliphatic rings. The molecule has 0 saturated carbocycles. The summed E-state index contributed by atoms with van der Waals surface area (Å²) in [5.41, 5.74) is 4.72. The Labute approximate surface area is 63.4 Å². The highest BCUT2D eigenvalue weighted by Crippen LogP contribution is 1.81. The Kier molecular flexibility index (Phi) is 3.68. The van der Waals surface area contributed by atoms with Crippen molar-refractivity contribution in [3.05, 3.63) is 12.3 Å². The highest BCUT2D eigenvalue weighted by molar-refractivity contribution is 5.82. The van der Waals surface area contributed by atoms with Crippen LogP contribution in [0.3, 0.4) is 0 Å². The van der Waals surface area contributed by atoms with Crippen LogP contribution >= 0.6 is 0 Å². The van der Waals surface area contributed by atoms with Crippen LogP contribution in [0.1, 0.15) is 0 Å². The van der Waals surface area contributed by atoms with Gasteiger partial charge in [0.15, 0.2) is 0 Å². The van der Waals surface area contributed by atoms with Crippen LogP contribution in [0.5, 0.6) is 0 Å². The first kappa shape index (κ1) is 9.44. The summed E-state index contributed by atoms with van der Waals surface area (Å²) >= 11 is 0. The summed E-state index contributed by atoms with van der Waals surface area (Å²) in [5.74, 6) is 4.37. The number of nitrogens with two attached hydrogens (primary N) is 2. The molecule has 0 aromatic heterocycles. The summed E-state index contributed by atoms with van der Waals surface area (Å²) in [6.07, 6.45) is 1.99. The highest BCUT2D eigenvalue weighted by atomic mass is 16.5. The summed E-state index contributed by atoms with van der Waals surface area (Å²) < 4.78 is 4.22. The van der Waals surface area contributed by atoms with Crippen LogP contribution in [0.25, 0.3) is 0 Å². The number of hydrazine groups is 1. The predicted octanol–water partition coefficient (Wildman–Crippen LogP) is -1.07. The maximum Gasteiger partial charge on any atom is 0.333 e. The number of rotatable bonds is 2. The molecule has 0 aromatic rings. The van der Waals surface area contributed by atoms with Crippen molar-refractivity contribution in [1.29, 1.82) is 0 Å². The van der Waals surface area contributed by atoms with E-state index in [-0.39, 0.29) is 0 Å². The monoisotopic (exact) mass is 159 g/mol. The number of urea groups is 1. The fourth-order valence-electron chi connectivity index (χ4n) is 0.283. The van der Waals surface area contributed by atoms with Crippen LogP contribution in [-0.2, 0) is 9.53 Å². The van der Waals surface area contributed by atoms with Gasteiger partial charge in [0.05, 0.1) is 7.11 Å². The quantitative estimate of drug-likeness (QED) is 0.176. The second kappa shape index (κ2) is 4.29.